The van der Waals surface area contributed by atoms with Gasteiger partial charge in [0.1, 0.15) is 0 Å². The lowest BCUT2D eigenvalue weighted by Crippen LogP contribution is -2.23. The molecule has 5 nitrogen and oxygen atoms in total. The molecule has 4 rings (SSSR count). The Morgan fingerprint density at radius 1 is 1.04 bits per heavy atom. The van der Waals surface area contributed by atoms with Crippen LogP contribution in [0.4, 0.5) is 5.69 Å². The van der Waals surface area contributed by atoms with Crippen molar-refractivity contribution in [3.63, 3.8) is 0 Å². The topological polar surface area (TPSA) is 70.7 Å². The number of carbonyl (C=O) groups is 1. The number of anilines is 1. The fourth-order valence-corrected chi connectivity index (χ4v) is 3.65. The molecule has 1 atom stereocenters. The predicted molar refractivity (Wildman–Crippen MR) is 94.9 cm³/mol. The van der Waals surface area contributed by atoms with E-state index in [0.717, 1.165) is 29.9 Å². The summed E-state index contributed by atoms with van der Waals surface area (Å²) in [5.74, 6) is 0.728. The Morgan fingerprint density at radius 2 is 1.83 bits per heavy atom. The van der Waals surface area contributed by atoms with Crippen LogP contribution in [0.2, 0.25) is 0 Å². The number of hydrogen-bond acceptors (Lipinski definition) is 4. The van der Waals surface area contributed by atoms with E-state index in [1.807, 2.05) is 48.5 Å². The van der Waals surface area contributed by atoms with Gasteiger partial charge in [0, 0.05) is 11.3 Å². The van der Waals surface area contributed by atoms with Crippen LogP contribution in [0, 0.1) is 0 Å². The summed E-state index contributed by atoms with van der Waals surface area (Å²) in [6.45, 7) is 0. The first-order chi connectivity index (χ1) is 11.8. The number of fused-ring (bicyclic) bond motifs is 1. The second kappa shape index (κ2) is 6.49. The minimum atomic E-state index is -0.197. The third-order valence-corrected chi connectivity index (χ3v) is 5.13. The molecule has 3 aromatic rings. The zero-order chi connectivity index (χ0) is 16.4. The van der Waals surface area contributed by atoms with E-state index in [-0.39, 0.29) is 11.2 Å². The van der Waals surface area contributed by atoms with Gasteiger partial charge in [0.25, 0.3) is 0 Å². The van der Waals surface area contributed by atoms with Crippen molar-refractivity contribution in [2.24, 2.45) is 0 Å². The Hall–Kier alpha value is -2.60. The van der Waals surface area contributed by atoms with Crippen LogP contribution >= 0.6 is 11.8 Å². The van der Waals surface area contributed by atoms with Crippen molar-refractivity contribution in [2.75, 3.05) is 5.32 Å². The zero-order valence-corrected chi connectivity index (χ0v) is 13.7. The molecule has 0 saturated heterocycles. The summed E-state index contributed by atoms with van der Waals surface area (Å²) in [7, 11) is 0. The molecular weight excluding hydrogens is 320 g/mol. The molecule has 1 aliphatic heterocycles. The molecule has 6 heteroatoms. The van der Waals surface area contributed by atoms with Gasteiger partial charge >= 0.3 is 0 Å². The number of thioether (sulfide) groups is 1. The molecule has 1 aromatic heterocycles. The van der Waals surface area contributed by atoms with Crippen molar-refractivity contribution in [2.45, 2.75) is 23.2 Å². The fraction of sp³-hybridized carbons (Fsp3) is 0.167. The van der Waals surface area contributed by atoms with E-state index >= 15 is 0 Å². The highest BCUT2D eigenvalue weighted by atomic mass is 32.2. The number of nitrogens with one attached hydrogen (secondary N) is 2. The molecule has 0 saturated carbocycles. The minimum absolute atomic E-state index is 0.0102. The predicted octanol–water partition coefficient (Wildman–Crippen LogP) is 3.52. The van der Waals surface area contributed by atoms with Crippen LogP contribution in [0.15, 0.2) is 59.8 Å². The van der Waals surface area contributed by atoms with Crippen LogP contribution in [0.3, 0.4) is 0 Å². The normalized spacial score (nSPS) is 17.0. The molecule has 0 spiro atoms. The number of aryl methyl sites for hydroxylation is 1. The third kappa shape index (κ3) is 3.05. The van der Waals surface area contributed by atoms with E-state index in [9.17, 15) is 4.79 Å². The van der Waals surface area contributed by atoms with Crippen LogP contribution < -0.4 is 5.32 Å². The molecular formula is C18H16N4OS. The quantitative estimate of drug-likeness (QED) is 0.768. The average molecular weight is 336 g/mol. The van der Waals surface area contributed by atoms with Gasteiger partial charge in [-0.05, 0) is 24.5 Å². The van der Waals surface area contributed by atoms with Gasteiger partial charge in [-0.3, -0.25) is 9.89 Å². The molecule has 1 aliphatic rings. The van der Waals surface area contributed by atoms with Gasteiger partial charge in [0.2, 0.25) is 11.1 Å². The fourth-order valence-electron chi connectivity index (χ4n) is 2.76. The monoisotopic (exact) mass is 336 g/mol. The maximum absolute atomic E-state index is 12.5. The first-order valence-electron chi connectivity index (χ1n) is 7.83. The number of amides is 1. The number of benzene rings is 2. The molecule has 24 heavy (non-hydrogen) atoms. The molecule has 0 radical (unpaired) electrons. The Morgan fingerprint density at radius 3 is 2.71 bits per heavy atom. The number of para-hydroxylation sites is 1. The van der Waals surface area contributed by atoms with Crippen molar-refractivity contribution in [1.29, 1.82) is 0 Å². The summed E-state index contributed by atoms with van der Waals surface area (Å²) < 4.78 is 0. The Labute approximate surface area is 143 Å². The third-order valence-electron chi connectivity index (χ3n) is 4.00. The van der Waals surface area contributed by atoms with Crippen molar-refractivity contribution >= 4 is 23.4 Å². The summed E-state index contributed by atoms with van der Waals surface area (Å²) in [6.07, 6.45) is 1.63. The Kier molecular flexibility index (Phi) is 4.04. The van der Waals surface area contributed by atoms with Gasteiger partial charge in [-0.15, -0.1) is 5.10 Å². The summed E-state index contributed by atoms with van der Waals surface area (Å²) in [5, 5.41) is 10.6. The highest BCUT2D eigenvalue weighted by Gasteiger charge is 2.25. The van der Waals surface area contributed by atoms with E-state index in [1.165, 1.54) is 17.3 Å². The molecule has 2 N–H and O–H groups in total. The van der Waals surface area contributed by atoms with E-state index in [0.29, 0.717) is 5.16 Å². The highest BCUT2D eigenvalue weighted by molar-refractivity contribution is 8.00. The van der Waals surface area contributed by atoms with Gasteiger partial charge < -0.3 is 5.32 Å². The van der Waals surface area contributed by atoms with E-state index in [1.54, 1.807) is 0 Å². The number of carbonyl (C=O) groups excluding carboxylic acids is 1. The molecule has 2 heterocycles. The maximum atomic E-state index is 12.5. The standard InChI is InChI=1S/C18H16N4OS/c23-17-15(11-10-12-6-4-5-9-14(12)19-17)24-18-20-16(21-22-18)13-7-2-1-3-8-13/h1-9,15H,10-11H2,(H,19,23)(H,20,21,22). The number of nitrogens with zero attached hydrogens (tertiary/aromatic N) is 2. The number of H-pyrrole nitrogens is 1. The van der Waals surface area contributed by atoms with Gasteiger partial charge in [0.05, 0.1) is 5.25 Å². The van der Waals surface area contributed by atoms with Gasteiger partial charge in [-0.2, -0.15) is 0 Å². The van der Waals surface area contributed by atoms with E-state index in [4.69, 9.17) is 0 Å². The SMILES string of the molecule is O=C1Nc2ccccc2CCC1Sc1n[nH]c(-c2ccccc2)n1. The largest absolute Gasteiger partial charge is 0.325 e. The summed E-state index contributed by atoms with van der Waals surface area (Å²) in [5.41, 5.74) is 3.06. The van der Waals surface area contributed by atoms with Crippen LogP contribution in [-0.2, 0) is 11.2 Å². The first kappa shape index (κ1) is 15.0. The summed E-state index contributed by atoms with van der Waals surface area (Å²) in [4.78, 5) is 17.0. The molecule has 0 fully saturated rings. The van der Waals surface area contributed by atoms with Crippen LogP contribution in [-0.4, -0.2) is 26.3 Å². The van der Waals surface area contributed by atoms with Gasteiger partial charge in [0.15, 0.2) is 5.82 Å². The second-order valence-electron chi connectivity index (χ2n) is 5.62. The molecule has 1 unspecified atom stereocenters. The maximum Gasteiger partial charge on any atom is 0.237 e. The van der Waals surface area contributed by atoms with Crippen molar-refractivity contribution in [3.8, 4) is 11.4 Å². The minimum Gasteiger partial charge on any atom is -0.325 e. The number of rotatable bonds is 3. The first-order valence-corrected chi connectivity index (χ1v) is 8.71. The Balaban J connectivity index is 1.50. The van der Waals surface area contributed by atoms with Crippen molar-refractivity contribution in [3.05, 3.63) is 60.2 Å². The highest BCUT2D eigenvalue weighted by Crippen LogP contribution is 2.30. The van der Waals surface area contributed by atoms with Crippen LogP contribution in [0.5, 0.6) is 0 Å². The molecule has 2 aromatic carbocycles. The van der Waals surface area contributed by atoms with Crippen LogP contribution in [0.25, 0.3) is 11.4 Å². The van der Waals surface area contributed by atoms with Crippen molar-refractivity contribution < 1.29 is 4.79 Å². The van der Waals surface area contributed by atoms with Crippen LogP contribution in [0.1, 0.15) is 12.0 Å². The molecule has 0 aliphatic carbocycles. The smallest absolute Gasteiger partial charge is 0.237 e. The summed E-state index contributed by atoms with van der Waals surface area (Å²) in [6, 6.07) is 17.8. The number of aromatic amines is 1. The molecule has 1 amide bonds. The van der Waals surface area contributed by atoms with E-state index in [2.05, 4.69) is 26.6 Å². The lowest BCUT2D eigenvalue weighted by molar-refractivity contribution is -0.115. The van der Waals surface area contributed by atoms with Gasteiger partial charge in [-0.1, -0.05) is 60.3 Å². The average Bonchev–Trinajstić information content (AvgIpc) is 3.02. The van der Waals surface area contributed by atoms with Crippen molar-refractivity contribution in [1.82, 2.24) is 15.2 Å². The number of hydrogen-bond donors (Lipinski definition) is 2. The summed E-state index contributed by atoms with van der Waals surface area (Å²) >= 11 is 1.41. The molecule has 0 bridgehead atoms. The Bertz CT molecular complexity index is 862. The lowest BCUT2D eigenvalue weighted by Gasteiger charge is -2.10. The van der Waals surface area contributed by atoms with Gasteiger partial charge in [-0.25, -0.2) is 4.98 Å². The zero-order valence-electron chi connectivity index (χ0n) is 12.9. The lowest BCUT2D eigenvalue weighted by atomic mass is 10.1. The second-order valence-corrected chi connectivity index (χ2v) is 6.79. The molecule has 120 valence electrons. The van der Waals surface area contributed by atoms with E-state index < -0.39 is 0 Å². The number of aromatic nitrogens is 3.